The minimum atomic E-state index is 0.0473. The first kappa shape index (κ1) is 21.8. The smallest absolute Gasteiger partial charge is 0.220 e. The van der Waals surface area contributed by atoms with E-state index in [1.165, 1.54) is 16.7 Å². The molecule has 0 aliphatic carbocycles. The highest BCUT2D eigenvalue weighted by molar-refractivity contribution is 5.76. The van der Waals surface area contributed by atoms with Gasteiger partial charge in [0.1, 0.15) is 0 Å². The molecule has 1 N–H and O–H groups in total. The first-order valence-corrected chi connectivity index (χ1v) is 10.2. The maximum atomic E-state index is 12.5. The second-order valence-corrected chi connectivity index (χ2v) is 7.02. The van der Waals surface area contributed by atoms with Gasteiger partial charge in [-0.15, -0.1) is 0 Å². The van der Waals surface area contributed by atoms with Crippen molar-refractivity contribution in [1.29, 1.82) is 0 Å². The number of amides is 1. The molecule has 4 heteroatoms. The molecule has 0 unspecified atom stereocenters. The Morgan fingerprint density at radius 1 is 0.929 bits per heavy atom. The molecule has 0 radical (unpaired) electrons. The van der Waals surface area contributed by atoms with Gasteiger partial charge in [-0.05, 0) is 74.9 Å². The molecule has 0 saturated heterocycles. The molecule has 2 aromatic carbocycles. The molecule has 0 fully saturated rings. The Bertz CT molecular complexity index is 785. The van der Waals surface area contributed by atoms with Crippen molar-refractivity contribution in [3.8, 4) is 11.5 Å². The molecule has 2 aromatic rings. The number of ether oxygens (including phenoxy) is 2. The average Bonchev–Trinajstić information content (AvgIpc) is 2.68. The van der Waals surface area contributed by atoms with Crippen molar-refractivity contribution in [2.24, 2.45) is 0 Å². The quantitative estimate of drug-likeness (QED) is 0.605. The van der Waals surface area contributed by atoms with Gasteiger partial charge in [-0.2, -0.15) is 0 Å². The Balaban J connectivity index is 1.98. The Morgan fingerprint density at radius 3 is 2.29 bits per heavy atom. The van der Waals surface area contributed by atoms with E-state index < -0.39 is 0 Å². The number of hydrogen-bond acceptors (Lipinski definition) is 3. The summed E-state index contributed by atoms with van der Waals surface area (Å²) < 4.78 is 11.3. The highest BCUT2D eigenvalue weighted by Gasteiger charge is 2.14. The largest absolute Gasteiger partial charge is 0.490 e. The lowest BCUT2D eigenvalue weighted by Crippen LogP contribution is -2.28. The molecule has 1 amide bonds. The summed E-state index contributed by atoms with van der Waals surface area (Å²) in [4.78, 5) is 12.5. The van der Waals surface area contributed by atoms with Gasteiger partial charge < -0.3 is 14.8 Å². The summed E-state index contributed by atoms with van der Waals surface area (Å²) in [5.41, 5.74) is 4.76. The third-order valence-corrected chi connectivity index (χ3v) is 4.93. The number of carbonyl (C=O) groups excluding carboxylic acids is 1. The number of hydrogen-bond donors (Lipinski definition) is 1. The molecule has 1 atom stereocenters. The molecule has 0 saturated carbocycles. The number of benzene rings is 2. The molecular formula is C24H33NO3. The van der Waals surface area contributed by atoms with Gasteiger partial charge in [0.2, 0.25) is 5.91 Å². The van der Waals surface area contributed by atoms with E-state index in [4.69, 9.17) is 9.47 Å². The van der Waals surface area contributed by atoms with E-state index in [0.717, 1.165) is 23.5 Å². The normalized spacial score (nSPS) is 11.8. The third kappa shape index (κ3) is 6.01. The van der Waals surface area contributed by atoms with Gasteiger partial charge in [0.25, 0.3) is 0 Å². The van der Waals surface area contributed by atoms with E-state index in [9.17, 15) is 4.79 Å². The Hall–Kier alpha value is -2.49. The van der Waals surface area contributed by atoms with Crippen molar-refractivity contribution in [3.05, 3.63) is 58.7 Å². The maximum Gasteiger partial charge on any atom is 0.220 e. The van der Waals surface area contributed by atoms with Crippen molar-refractivity contribution in [2.45, 2.75) is 59.9 Å². The van der Waals surface area contributed by atoms with Crippen LogP contribution in [0.1, 0.15) is 61.9 Å². The Kier molecular flexibility index (Phi) is 8.37. The molecular weight excluding hydrogens is 350 g/mol. The van der Waals surface area contributed by atoms with Gasteiger partial charge in [-0.3, -0.25) is 4.79 Å². The molecule has 0 heterocycles. The van der Waals surface area contributed by atoms with Gasteiger partial charge in [0.15, 0.2) is 11.5 Å². The first-order chi connectivity index (χ1) is 13.5. The minimum Gasteiger partial charge on any atom is -0.490 e. The van der Waals surface area contributed by atoms with E-state index >= 15 is 0 Å². The van der Waals surface area contributed by atoms with E-state index in [-0.39, 0.29) is 11.9 Å². The maximum absolute atomic E-state index is 12.5. The van der Waals surface area contributed by atoms with Gasteiger partial charge in [-0.1, -0.05) is 31.2 Å². The van der Waals surface area contributed by atoms with Crippen molar-refractivity contribution >= 4 is 5.91 Å². The van der Waals surface area contributed by atoms with Crippen LogP contribution >= 0.6 is 0 Å². The van der Waals surface area contributed by atoms with Crippen molar-refractivity contribution in [2.75, 3.05) is 13.2 Å². The van der Waals surface area contributed by atoms with Gasteiger partial charge in [0.05, 0.1) is 19.3 Å². The summed E-state index contributed by atoms with van der Waals surface area (Å²) in [6.07, 6.45) is 1.98. The topological polar surface area (TPSA) is 47.6 Å². The zero-order valence-corrected chi connectivity index (χ0v) is 17.8. The lowest BCUT2D eigenvalue weighted by Gasteiger charge is -2.19. The fourth-order valence-corrected chi connectivity index (χ4v) is 3.18. The van der Waals surface area contributed by atoms with E-state index in [0.29, 0.717) is 26.1 Å². The van der Waals surface area contributed by atoms with E-state index in [1.807, 2.05) is 32.0 Å². The average molecular weight is 384 g/mol. The number of rotatable bonds is 10. The molecule has 0 aliphatic heterocycles. The molecule has 2 rings (SSSR count). The third-order valence-electron chi connectivity index (χ3n) is 4.93. The predicted octanol–water partition coefficient (Wildman–Crippen LogP) is 5.30. The van der Waals surface area contributed by atoms with Crippen LogP contribution in [0, 0.1) is 13.8 Å². The van der Waals surface area contributed by atoms with Gasteiger partial charge in [-0.25, -0.2) is 0 Å². The van der Waals surface area contributed by atoms with Crippen LogP contribution in [0.3, 0.4) is 0 Å². The van der Waals surface area contributed by atoms with Gasteiger partial charge in [0, 0.05) is 6.42 Å². The molecule has 4 nitrogen and oxygen atoms in total. The van der Waals surface area contributed by atoms with Crippen LogP contribution in [0.25, 0.3) is 0 Å². The van der Waals surface area contributed by atoms with Crippen molar-refractivity contribution in [1.82, 2.24) is 5.32 Å². The number of carbonyl (C=O) groups is 1. The Morgan fingerprint density at radius 2 is 1.64 bits per heavy atom. The fourth-order valence-electron chi connectivity index (χ4n) is 3.18. The molecule has 0 aromatic heterocycles. The lowest BCUT2D eigenvalue weighted by molar-refractivity contribution is -0.121. The SMILES string of the molecule is CCOc1ccc(CCC(=O)N[C@@H](CC)c2ccc(C)c(C)c2)cc1OCC. The summed E-state index contributed by atoms with van der Waals surface area (Å²) in [6, 6.07) is 12.3. The summed E-state index contributed by atoms with van der Waals surface area (Å²) in [5, 5.41) is 3.18. The van der Waals surface area contributed by atoms with Crippen LogP contribution in [0.4, 0.5) is 0 Å². The molecule has 0 spiro atoms. The highest BCUT2D eigenvalue weighted by Crippen LogP contribution is 2.29. The Labute approximate surface area is 169 Å². The van der Waals surface area contributed by atoms with Crippen LogP contribution in [-0.2, 0) is 11.2 Å². The molecule has 0 aliphatic rings. The predicted molar refractivity (Wildman–Crippen MR) is 114 cm³/mol. The van der Waals surface area contributed by atoms with Crippen LogP contribution in [-0.4, -0.2) is 19.1 Å². The number of aryl methyl sites for hydroxylation is 3. The summed E-state index contributed by atoms with van der Waals surface area (Å²) in [7, 11) is 0. The van der Waals surface area contributed by atoms with Gasteiger partial charge >= 0.3 is 0 Å². The second kappa shape index (κ2) is 10.7. The van der Waals surface area contributed by atoms with Crippen LogP contribution in [0.15, 0.2) is 36.4 Å². The first-order valence-electron chi connectivity index (χ1n) is 10.2. The van der Waals surface area contributed by atoms with Crippen molar-refractivity contribution < 1.29 is 14.3 Å². The van der Waals surface area contributed by atoms with Crippen LogP contribution in [0.5, 0.6) is 11.5 Å². The van der Waals surface area contributed by atoms with Crippen LogP contribution in [0.2, 0.25) is 0 Å². The summed E-state index contributed by atoms with van der Waals surface area (Å²) in [5.74, 6) is 1.55. The summed E-state index contributed by atoms with van der Waals surface area (Å²) >= 11 is 0. The van der Waals surface area contributed by atoms with Crippen LogP contribution < -0.4 is 14.8 Å². The lowest BCUT2D eigenvalue weighted by atomic mass is 9.99. The van der Waals surface area contributed by atoms with E-state index in [1.54, 1.807) is 0 Å². The fraction of sp³-hybridized carbons (Fsp3) is 0.458. The van der Waals surface area contributed by atoms with E-state index in [2.05, 4.69) is 44.3 Å². The second-order valence-electron chi connectivity index (χ2n) is 7.02. The highest BCUT2D eigenvalue weighted by atomic mass is 16.5. The molecule has 28 heavy (non-hydrogen) atoms. The zero-order chi connectivity index (χ0) is 20.5. The van der Waals surface area contributed by atoms with Crippen molar-refractivity contribution in [3.63, 3.8) is 0 Å². The molecule has 0 bridgehead atoms. The standard InChI is InChI=1S/C24H33NO3/c1-6-21(20-12-9-17(4)18(5)15-20)25-24(26)14-11-19-10-13-22(27-7-2)23(16-19)28-8-3/h9-10,12-13,15-16,21H,6-8,11,14H2,1-5H3,(H,25,26)/t21-/m0/s1. The number of nitrogens with one attached hydrogen (secondary N) is 1. The summed E-state index contributed by atoms with van der Waals surface area (Å²) in [6.45, 7) is 11.4. The minimum absolute atomic E-state index is 0.0473. The monoisotopic (exact) mass is 383 g/mol. The molecule has 152 valence electrons. The zero-order valence-electron chi connectivity index (χ0n) is 17.8.